The van der Waals surface area contributed by atoms with Crippen LogP contribution in [0.15, 0.2) is 78.0 Å². The molecule has 0 saturated heterocycles. The molecule has 3 heterocycles. The van der Waals surface area contributed by atoms with E-state index in [1.165, 1.54) is 16.8 Å². The zero-order valence-corrected chi connectivity index (χ0v) is 25.8. The molecule has 0 fully saturated rings. The van der Waals surface area contributed by atoms with Gasteiger partial charge in [-0.1, -0.05) is 89.9 Å². The fourth-order valence-corrected chi connectivity index (χ4v) is 7.03. The third-order valence-electron chi connectivity index (χ3n) is 9.27. The summed E-state index contributed by atoms with van der Waals surface area (Å²) in [6, 6.07) is 19.6. The molecule has 5 rings (SSSR count). The van der Waals surface area contributed by atoms with Crippen molar-refractivity contribution in [3.63, 3.8) is 0 Å². The first kappa shape index (κ1) is 28.7. The largest absolute Gasteiger partial charge is 0.302 e. The van der Waals surface area contributed by atoms with Gasteiger partial charge in [-0.15, -0.1) is 6.42 Å². The van der Waals surface area contributed by atoms with Gasteiger partial charge in [0.05, 0.1) is 11.9 Å². The predicted octanol–water partition coefficient (Wildman–Crippen LogP) is 9.59. The van der Waals surface area contributed by atoms with Crippen LogP contribution in [0.3, 0.4) is 0 Å². The second-order valence-electron chi connectivity index (χ2n) is 12.0. The van der Waals surface area contributed by atoms with Gasteiger partial charge in [0.1, 0.15) is 6.17 Å². The van der Waals surface area contributed by atoms with Gasteiger partial charge in [0.15, 0.2) is 11.6 Å². The van der Waals surface area contributed by atoms with Crippen LogP contribution in [0, 0.1) is 24.2 Å². The van der Waals surface area contributed by atoms with Crippen molar-refractivity contribution in [3.05, 3.63) is 89.3 Å². The third-order valence-corrected chi connectivity index (χ3v) is 9.27. The molecule has 0 spiro atoms. The standard InChI is InChI=1S/C37H44N4/c1-9-28(25(5)6)34(29(10-2)26(7)8)31-24-38-35-36(39-31)41-32-21-17-16-20-30(32)37(11-3,12-4)23-22-33(41)40(35)27-18-14-13-15-19-27/h1,10,13-21,24-26,33H,11-12,22-23H2,2-8H3. The first-order chi connectivity index (χ1) is 19.8. The molecule has 0 N–H and O–H groups in total. The first-order valence-electron chi connectivity index (χ1n) is 15.3. The van der Waals surface area contributed by atoms with Crippen LogP contribution >= 0.6 is 0 Å². The van der Waals surface area contributed by atoms with Gasteiger partial charge in [-0.25, -0.2) is 9.97 Å². The summed E-state index contributed by atoms with van der Waals surface area (Å²) in [5.41, 5.74) is 8.00. The van der Waals surface area contributed by atoms with Crippen LogP contribution in [0.25, 0.3) is 5.57 Å². The van der Waals surface area contributed by atoms with Crippen molar-refractivity contribution in [1.82, 2.24) is 9.97 Å². The molecule has 2 aliphatic heterocycles. The van der Waals surface area contributed by atoms with Crippen molar-refractivity contribution in [2.45, 2.75) is 85.7 Å². The minimum Gasteiger partial charge on any atom is -0.302 e. The third kappa shape index (κ3) is 4.76. The topological polar surface area (TPSA) is 32.3 Å². The molecule has 2 aromatic carbocycles. The maximum Gasteiger partial charge on any atom is 0.179 e. The molecular weight excluding hydrogens is 500 g/mol. The van der Waals surface area contributed by atoms with E-state index in [1.807, 2.05) is 6.20 Å². The molecule has 0 saturated carbocycles. The molecule has 2 aliphatic rings. The van der Waals surface area contributed by atoms with E-state index in [9.17, 15) is 0 Å². The fraction of sp³-hybridized carbons (Fsp3) is 0.405. The van der Waals surface area contributed by atoms with E-state index in [2.05, 4.69) is 125 Å². The molecule has 1 aromatic heterocycles. The number of allylic oxidation sites excluding steroid dienone is 4. The van der Waals surface area contributed by atoms with Crippen LogP contribution in [-0.2, 0) is 5.41 Å². The van der Waals surface area contributed by atoms with Crippen molar-refractivity contribution in [2.75, 3.05) is 9.80 Å². The molecule has 4 heteroatoms. The molecule has 0 aliphatic carbocycles. The molecule has 1 unspecified atom stereocenters. The summed E-state index contributed by atoms with van der Waals surface area (Å²) in [4.78, 5) is 15.5. The first-order valence-corrected chi connectivity index (χ1v) is 15.3. The number of hydrogen-bond acceptors (Lipinski definition) is 4. The van der Waals surface area contributed by atoms with Gasteiger partial charge in [0.2, 0.25) is 0 Å². The Hall–Kier alpha value is -3.84. The van der Waals surface area contributed by atoms with Gasteiger partial charge in [-0.05, 0) is 79.2 Å². The SMILES string of the molecule is C#CC(=C(C(=CC)C(C)C)c1cnc2c(n1)N1c3ccccc3C(CC)(CC)CCC1N2c1ccccc1)C(C)C. The highest BCUT2D eigenvalue weighted by atomic mass is 15.5. The molecule has 0 bridgehead atoms. The summed E-state index contributed by atoms with van der Waals surface area (Å²) >= 11 is 0. The molecule has 212 valence electrons. The molecule has 4 nitrogen and oxygen atoms in total. The maximum atomic E-state index is 6.16. The molecular formula is C37H44N4. The van der Waals surface area contributed by atoms with Gasteiger partial charge in [0, 0.05) is 22.5 Å². The number of aromatic nitrogens is 2. The Bertz CT molecular complexity index is 1500. The normalized spacial score (nSPS) is 18.4. The lowest BCUT2D eigenvalue weighted by Crippen LogP contribution is -2.38. The van der Waals surface area contributed by atoms with Gasteiger partial charge >= 0.3 is 0 Å². The number of nitrogens with zero attached hydrogens (tertiary/aromatic N) is 4. The number of para-hydroxylation sites is 2. The van der Waals surface area contributed by atoms with Crippen LogP contribution in [-0.4, -0.2) is 16.1 Å². The summed E-state index contributed by atoms with van der Waals surface area (Å²) < 4.78 is 0. The van der Waals surface area contributed by atoms with Gasteiger partial charge < -0.3 is 9.80 Å². The van der Waals surface area contributed by atoms with E-state index in [1.54, 1.807) is 0 Å². The minimum atomic E-state index is 0.0830. The van der Waals surface area contributed by atoms with Crippen molar-refractivity contribution >= 4 is 28.6 Å². The Kier molecular flexibility index (Phi) is 8.09. The highest BCUT2D eigenvalue weighted by Gasteiger charge is 2.46. The number of terminal acetylenes is 1. The zero-order valence-electron chi connectivity index (χ0n) is 25.8. The Morgan fingerprint density at radius 1 is 0.976 bits per heavy atom. The highest BCUT2D eigenvalue weighted by molar-refractivity contribution is 5.88. The van der Waals surface area contributed by atoms with Gasteiger partial charge in [0.25, 0.3) is 0 Å². The Morgan fingerprint density at radius 2 is 1.66 bits per heavy atom. The number of benzene rings is 2. The Balaban J connectivity index is 1.81. The molecule has 0 radical (unpaired) electrons. The van der Waals surface area contributed by atoms with Crippen molar-refractivity contribution in [1.29, 1.82) is 0 Å². The van der Waals surface area contributed by atoms with Crippen molar-refractivity contribution in [2.24, 2.45) is 11.8 Å². The van der Waals surface area contributed by atoms with Crippen LogP contribution in [0.1, 0.15) is 85.4 Å². The van der Waals surface area contributed by atoms with E-state index >= 15 is 0 Å². The Morgan fingerprint density at radius 3 is 2.27 bits per heavy atom. The summed E-state index contributed by atoms with van der Waals surface area (Å²) in [5.74, 6) is 5.33. The second-order valence-corrected chi connectivity index (χ2v) is 12.0. The second kappa shape index (κ2) is 11.6. The lowest BCUT2D eigenvalue weighted by molar-refractivity contribution is 0.354. The Labute approximate surface area is 247 Å². The highest BCUT2D eigenvalue weighted by Crippen LogP contribution is 2.54. The number of fused-ring (bicyclic) bond motifs is 5. The van der Waals surface area contributed by atoms with Crippen LogP contribution in [0.4, 0.5) is 23.0 Å². The summed E-state index contributed by atoms with van der Waals surface area (Å²) in [5, 5.41) is 0. The van der Waals surface area contributed by atoms with Crippen molar-refractivity contribution in [3.8, 4) is 12.3 Å². The number of rotatable bonds is 7. The smallest absolute Gasteiger partial charge is 0.179 e. The zero-order chi connectivity index (χ0) is 29.3. The fourth-order valence-electron chi connectivity index (χ4n) is 7.03. The van der Waals surface area contributed by atoms with Gasteiger partial charge in [-0.3, -0.25) is 0 Å². The molecule has 1 atom stereocenters. The number of hydrogen-bond donors (Lipinski definition) is 0. The monoisotopic (exact) mass is 544 g/mol. The average Bonchev–Trinajstić information content (AvgIpc) is 3.23. The van der Waals surface area contributed by atoms with E-state index in [4.69, 9.17) is 16.4 Å². The summed E-state index contributed by atoms with van der Waals surface area (Å²) in [6.45, 7) is 15.5. The van der Waals surface area contributed by atoms with Crippen LogP contribution in [0.2, 0.25) is 0 Å². The summed E-state index contributed by atoms with van der Waals surface area (Å²) in [7, 11) is 0. The lowest BCUT2D eigenvalue weighted by atomic mass is 9.72. The van der Waals surface area contributed by atoms with E-state index in [0.29, 0.717) is 5.92 Å². The van der Waals surface area contributed by atoms with E-state index in [-0.39, 0.29) is 17.5 Å². The van der Waals surface area contributed by atoms with Crippen LogP contribution in [0.5, 0.6) is 0 Å². The maximum absolute atomic E-state index is 6.16. The lowest BCUT2D eigenvalue weighted by Gasteiger charge is -2.33. The molecule has 41 heavy (non-hydrogen) atoms. The quantitative estimate of drug-likeness (QED) is 0.219. The van der Waals surface area contributed by atoms with E-state index in [0.717, 1.165) is 59.8 Å². The minimum absolute atomic E-state index is 0.0830. The average molecular weight is 545 g/mol. The van der Waals surface area contributed by atoms with Crippen molar-refractivity contribution < 1.29 is 0 Å². The molecule has 3 aromatic rings. The van der Waals surface area contributed by atoms with Gasteiger partial charge in [-0.2, -0.15) is 0 Å². The number of anilines is 4. The van der Waals surface area contributed by atoms with E-state index < -0.39 is 0 Å². The predicted molar refractivity (Wildman–Crippen MR) is 174 cm³/mol. The summed E-state index contributed by atoms with van der Waals surface area (Å²) in [6.07, 6.45) is 14.7. The molecule has 0 amide bonds. The van der Waals surface area contributed by atoms with Crippen LogP contribution < -0.4 is 9.80 Å².